The van der Waals surface area contributed by atoms with Crippen LogP contribution in [-0.4, -0.2) is 58.5 Å². The van der Waals surface area contributed by atoms with Crippen molar-refractivity contribution in [3.63, 3.8) is 0 Å². The second-order valence-corrected chi connectivity index (χ2v) is 8.18. The summed E-state index contributed by atoms with van der Waals surface area (Å²) >= 11 is 0. The Balaban J connectivity index is 1.65. The highest BCUT2D eigenvalue weighted by Crippen LogP contribution is 2.36. The molecule has 5 heteroatoms. The molecule has 0 radical (unpaired) electrons. The number of hydrogen-bond donors (Lipinski definition) is 1. The molecule has 2 aliphatic heterocycles. The third-order valence-electron chi connectivity index (χ3n) is 6.29. The molecule has 5 nitrogen and oxygen atoms in total. The predicted octanol–water partition coefficient (Wildman–Crippen LogP) is 2.32. The molecule has 0 aromatic heterocycles. The van der Waals surface area contributed by atoms with E-state index in [2.05, 4.69) is 0 Å². The van der Waals surface area contributed by atoms with Gasteiger partial charge in [-0.05, 0) is 44.9 Å². The Hall–Kier alpha value is -1.10. The maximum absolute atomic E-state index is 13.1. The van der Waals surface area contributed by atoms with Crippen LogP contribution in [-0.2, 0) is 9.59 Å². The summed E-state index contributed by atoms with van der Waals surface area (Å²) in [5, 5.41) is 10.9. The van der Waals surface area contributed by atoms with Crippen molar-refractivity contribution in [2.75, 3.05) is 20.1 Å². The number of aliphatic hydroxyl groups is 1. The highest BCUT2D eigenvalue weighted by molar-refractivity contribution is 5.84. The van der Waals surface area contributed by atoms with Crippen molar-refractivity contribution in [1.82, 2.24) is 9.80 Å². The molecule has 24 heavy (non-hydrogen) atoms. The van der Waals surface area contributed by atoms with Crippen LogP contribution in [0.3, 0.4) is 0 Å². The first kappa shape index (κ1) is 17.7. The van der Waals surface area contributed by atoms with E-state index in [-0.39, 0.29) is 23.8 Å². The fourth-order valence-corrected chi connectivity index (χ4v) is 4.80. The van der Waals surface area contributed by atoms with E-state index in [0.29, 0.717) is 19.4 Å². The standard InChI is InChI=1S/C19H32N2O3/c1-20-14-15(8-9-17(20)22)18(23)21-12-6-3-7-16(21)13-19(24)10-4-2-5-11-19/h15-16,24H,2-14H2,1H3. The summed E-state index contributed by atoms with van der Waals surface area (Å²) in [4.78, 5) is 28.5. The van der Waals surface area contributed by atoms with Gasteiger partial charge in [0.15, 0.2) is 0 Å². The normalized spacial score (nSPS) is 31.2. The van der Waals surface area contributed by atoms with Crippen molar-refractivity contribution in [3.05, 3.63) is 0 Å². The number of carbonyl (C=O) groups excluding carboxylic acids is 2. The molecule has 3 fully saturated rings. The van der Waals surface area contributed by atoms with Crippen LogP contribution in [0.1, 0.15) is 70.6 Å². The average Bonchev–Trinajstić information content (AvgIpc) is 2.57. The molecule has 1 N–H and O–H groups in total. The zero-order chi connectivity index (χ0) is 17.2. The summed E-state index contributed by atoms with van der Waals surface area (Å²) < 4.78 is 0. The Bertz CT molecular complexity index is 473. The van der Waals surface area contributed by atoms with Crippen LogP contribution in [0.5, 0.6) is 0 Å². The first-order valence-corrected chi connectivity index (χ1v) is 9.75. The summed E-state index contributed by atoms with van der Waals surface area (Å²) in [6, 6.07) is 0.178. The monoisotopic (exact) mass is 336 g/mol. The molecular weight excluding hydrogens is 304 g/mol. The number of nitrogens with zero attached hydrogens (tertiary/aromatic N) is 2. The lowest BCUT2D eigenvalue weighted by Crippen LogP contribution is -2.52. The number of piperidine rings is 2. The van der Waals surface area contributed by atoms with Gasteiger partial charge in [0.2, 0.25) is 11.8 Å². The van der Waals surface area contributed by atoms with E-state index in [0.717, 1.165) is 57.9 Å². The van der Waals surface area contributed by atoms with Crippen LogP contribution in [0, 0.1) is 5.92 Å². The number of rotatable bonds is 3. The second kappa shape index (κ2) is 7.42. The summed E-state index contributed by atoms with van der Waals surface area (Å²) in [5.74, 6) is 0.290. The molecule has 0 bridgehead atoms. The number of carbonyl (C=O) groups is 2. The van der Waals surface area contributed by atoms with Crippen molar-refractivity contribution < 1.29 is 14.7 Å². The van der Waals surface area contributed by atoms with Crippen molar-refractivity contribution in [2.45, 2.75) is 82.3 Å². The van der Waals surface area contributed by atoms with Crippen molar-refractivity contribution >= 4 is 11.8 Å². The summed E-state index contributed by atoms with van der Waals surface area (Å²) in [6.45, 7) is 1.36. The molecule has 2 atom stereocenters. The highest BCUT2D eigenvalue weighted by atomic mass is 16.3. The fraction of sp³-hybridized carbons (Fsp3) is 0.895. The van der Waals surface area contributed by atoms with E-state index < -0.39 is 5.60 Å². The topological polar surface area (TPSA) is 60.9 Å². The van der Waals surface area contributed by atoms with E-state index in [1.807, 2.05) is 4.90 Å². The highest BCUT2D eigenvalue weighted by Gasteiger charge is 2.39. The average molecular weight is 336 g/mol. The van der Waals surface area contributed by atoms with Gasteiger partial charge >= 0.3 is 0 Å². The molecule has 2 heterocycles. The zero-order valence-corrected chi connectivity index (χ0v) is 15.0. The van der Waals surface area contributed by atoms with Gasteiger partial charge in [0, 0.05) is 32.6 Å². The molecule has 3 rings (SSSR count). The van der Waals surface area contributed by atoms with Crippen LogP contribution in [0.4, 0.5) is 0 Å². The molecule has 0 spiro atoms. The molecule has 1 saturated carbocycles. The lowest BCUT2D eigenvalue weighted by molar-refractivity contribution is -0.146. The third kappa shape index (κ3) is 3.93. The lowest BCUT2D eigenvalue weighted by atomic mass is 9.78. The van der Waals surface area contributed by atoms with Crippen LogP contribution >= 0.6 is 0 Å². The summed E-state index contributed by atoms with van der Waals surface area (Å²) in [5.41, 5.74) is -0.571. The molecule has 2 amide bonds. The Kier molecular flexibility index (Phi) is 5.48. The van der Waals surface area contributed by atoms with Crippen LogP contribution in [0.2, 0.25) is 0 Å². The van der Waals surface area contributed by atoms with Crippen LogP contribution < -0.4 is 0 Å². The lowest BCUT2D eigenvalue weighted by Gasteiger charge is -2.43. The van der Waals surface area contributed by atoms with E-state index in [9.17, 15) is 14.7 Å². The first-order chi connectivity index (χ1) is 11.5. The van der Waals surface area contributed by atoms with Gasteiger partial charge in [0.1, 0.15) is 0 Å². The van der Waals surface area contributed by atoms with Gasteiger partial charge in [-0.25, -0.2) is 0 Å². The Morgan fingerprint density at radius 3 is 2.62 bits per heavy atom. The molecule has 2 unspecified atom stereocenters. The molecule has 1 aliphatic carbocycles. The first-order valence-electron chi connectivity index (χ1n) is 9.75. The maximum atomic E-state index is 13.1. The zero-order valence-electron chi connectivity index (χ0n) is 15.0. The molecule has 3 aliphatic rings. The number of hydrogen-bond acceptors (Lipinski definition) is 3. The third-order valence-corrected chi connectivity index (χ3v) is 6.29. The quantitative estimate of drug-likeness (QED) is 0.860. The van der Waals surface area contributed by atoms with Crippen molar-refractivity contribution in [2.24, 2.45) is 5.92 Å². The predicted molar refractivity (Wildman–Crippen MR) is 92.4 cm³/mol. The smallest absolute Gasteiger partial charge is 0.227 e. The summed E-state index contributed by atoms with van der Waals surface area (Å²) in [7, 11) is 1.79. The molecule has 0 aromatic carbocycles. The van der Waals surface area contributed by atoms with Gasteiger partial charge < -0.3 is 14.9 Å². The van der Waals surface area contributed by atoms with Gasteiger partial charge in [-0.1, -0.05) is 19.3 Å². The van der Waals surface area contributed by atoms with Crippen LogP contribution in [0.15, 0.2) is 0 Å². The Morgan fingerprint density at radius 2 is 1.92 bits per heavy atom. The Labute approximate surface area is 145 Å². The molecular formula is C19H32N2O3. The maximum Gasteiger partial charge on any atom is 0.227 e. The minimum atomic E-state index is -0.571. The van der Waals surface area contributed by atoms with E-state index in [1.165, 1.54) is 6.42 Å². The number of likely N-dealkylation sites (tertiary alicyclic amines) is 2. The van der Waals surface area contributed by atoms with Gasteiger partial charge in [-0.2, -0.15) is 0 Å². The van der Waals surface area contributed by atoms with Gasteiger partial charge in [0.05, 0.1) is 11.5 Å². The molecule has 136 valence electrons. The minimum Gasteiger partial charge on any atom is -0.390 e. The number of amides is 2. The van der Waals surface area contributed by atoms with E-state index in [4.69, 9.17) is 0 Å². The molecule has 0 aromatic rings. The summed E-state index contributed by atoms with van der Waals surface area (Å²) in [6.07, 6.45) is 10.3. The SMILES string of the molecule is CN1CC(C(=O)N2CCCCC2CC2(O)CCCCC2)CCC1=O. The van der Waals surface area contributed by atoms with Gasteiger partial charge in [-0.15, -0.1) is 0 Å². The largest absolute Gasteiger partial charge is 0.390 e. The second-order valence-electron chi connectivity index (χ2n) is 8.18. The van der Waals surface area contributed by atoms with E-state index >= 15 is 0 Å². The van der Waals surface area contributed by atoms with Crippen molar-refractivity contribution in [3.8, 4) is 0 Å². The van der Waals surface area contributed by atoms with Gasteiger partial charge in [0.25, 0.3) is 0 Å². The Morgan fingerprint density at radius 1 is 1.17 bits per heavy atom. The van der Waals surface area contributed by atoms with Crippen LogP contribution in [0.25, 0.3) is 0 Å². The van der Waals surface area contributed by atoms with Gasteiger partial charge in [-0.3, -0.25) is 9.59 Å². The molecule has 2 saturated heterocycles. The minimum absolute atomic E-state index is 0.0608. The van der Waals surface area contributed by atoms with E-state index in [1.54, 1.807) is 11.9 Å². The van der Waals surface area contributed by atoms with Crippen molar-refractivity contribution in [1.29, 1.82) is 0 Å². The fourth-order valence-electron chi connectivity index (χ4n) is 4.80.